The van der Waals surface area contributed by atoms with Gasteiger partial charge in [-0.15, -0.1) is 18.3 Å². The Morgan fingerprint density at radius 2 is 1.96 bits per heavy atom. The first kappa shape index (κ1) is 18.7. The van der Waals surface area contributed by atoms with E-state index in [0.29, 0.717) is 27.5 Å². The largest absolute Gasteiger partial charge is 0.468 e. The van der Waals surface area contributed by atoms with Crippen molar-refractivity contribution in [2.45, 2.75) is 12.7 Å². The number of benzene rings is 1. The van der Waals surface area contributed by atoms with Crippen LogP contribution in [0.15, 0.2) is 64.6 Å². The number of anilines is 1. The summed E-state index contributed by atoms with van der Waals surface area (Å²) < 4.78 is 5.31. The maximum atomic E-state index is 12.8. The van der Waals surface area contributed by atoms with Gasteiger partial charge in [0.25, 0.3) is 11.8 Å². The van der Waals surface area contributed by atoms with Crippen molar-refractivity contribution in [3.05, 3.63) is 71.5 Å². The highest BCUT2D eigenvalue weighted by Gasteiger charge is 2.38. The maximum Gasteiger partial charge on any atom is 0.268 e. The smallest absolute Gasteiger partial charge is 0.268 e. The highest BCUT2D eigenvalue weighted by Crippen LogP contribution is 2.37. The first-order valence-electron chi connectivity index (χ1n) is 8.26. The summed E-state index contributed by atoms with van der Waals surface area (Å²) in [6.45, 7) is 5.19. The maximum absolute atomic E-state index is 12.8. The van der Waals surface area contributed by atoms with Crippen molar-refractivity contribution < 1.29 is 18.8 Å². The molecule has 1 aromatic heterocycles. The molecule has 138 valence electrons. The molecule has 3 rings (SSSR count). The third-order valence-electron chi connectivity index (χ3n) is 3.87. The fourth-order valence-electron chi connectivity index (χ4n) is 2.70. The second kappa shape index (κ2) is 8.09. The molecule has 1 N–H and O–H groups in total. The zero-order valence-electron chi connectivity index (χ0n) is 14.7. The number of nitrogens with zero attached hydrogens (tertiary/aromatic N) is 1. The van der Waals surface area contributed by atoms with Gasteiger partial charge in [0.2, 0.25) is 5.91 Å². The molecule has 2 aromatic rings. The van der Waals surface area contributed by atoms with Crippen LogP contribution in [0.3, 0.4) is 0 Å². The minimum absolute atomic E-state index is 0.149. The topological polar surface area (TPSA) is 79.6 Å². The number of amides is 3. The van der Waals surface area contributed by atoms with E-state index in [1.807, 2.05) is 6.07 Å². The molecule has 0 saturated carbocycles. The summed E-state index contributed by atoms with van der Waals surface area (Å²) >= 11 is 1.27. The Kier molecular flexibility index (Phi) is 5.61. The molecule has 0 atom stereocenters. The van der Waals surface area contributed by atoms with E-state index in [0.717, 1.165) is 5.76 Å². The van der Waals surface area contributed by atoms with Gasteiger partial charge in [0, 0.05) is 19.2 Å². The third kappa shape index (κ3) is 4.03. The first-order valence-corrected chi connectivity index (χ1v) is 9.24. The molecule has 0 fully saturated rings. The molecule has 0 aliphatic carbocycles. The van der Waals surface area contributed by atoms with Gasteiger partial charge in [-0.25, -0.2) is 0 Å². The van der Waals surface area contributed by atoms with Gasteiger partial charge in [-0.1, -0.05) is 18.2 Å². The standard InChI is InChI=1S/C20H18N2O4S/c1-3-10-22-19(24)17(14-6-8-15(9-7-14)21-13(2)23)18(20(22)25)27-12-16-5-4-11-26-16/h3-9,11H,1,10,12H2,2H3,(H,21,23). The Labute approximate surface area is 160 Å². The van der Waals surface area contributed by atoms with E-state index in [1.54, 1.807) is 36.6 Å². The molecular weight excluding hydrogens is 364 g/mol. The molecule has 2 heterocycles. The molecule has 0 saturated heterocycles. The quantitative estimate of drug-likeness (QED) is 0.586. The van der Waals surface area contributed by atoms with Gasteiger partial charge in [-0.3, -0.25) is 19.3 Å². The summed E-state index contributed by atoms with van der Waals surface area (Å²) in [5.41, 5.74) is 1.60. The number of hydrogen-bond donors (Lipinski definition) is 1. The van der Waals surface area contributed by atoms with E-state index >= 15 is 0 Å². The summed E-state index contributed by atoms with van der Waals surface area (Å²) in [4.78, 5) is 38.3. The number of rotatable bonds is 7. The lowest BCUT2D eigenvalue weighted by atomic mass is 10.1. The minimum atomic E-state index is -0.353. The molecule has 1 aliphatic rings. The molecule has 1 aromatic carbocycles. The molecule has 7 heteroatoms. The highest BCUT2D eigenvalue weighted by atomic mass is 32.2. The number of carbonyl (C=O) groups excluding carboxylic acids is 3. The van der Waals surface area contributed by atoms with E-state index in [2.05, 4.69) is 11.9 Å². The van der Waals surface area contributed by atoms with E-state index in [-0.39, 0.29) is 24.3 Å². The molecule has 3 amide bonds. The van der Waals surface area contributed by atoms with E-state index in [1.165, 1.54) is 29.7 Å². The SMILES string of the molecule is C=CCN1C(=O)C(SCc2ccco2)=C(c2ccc(NC(C)=O)cc2)C1=O. The molecular formula is C20H18N2O4S. The van der Waals surface area contributed by atoms with E-state index < -0.39 is 0 Å². The van der Waals surface area contributed by atoms with E-state index in [4.69, 9.17) is 4.42 Å². The van der Waals surface area contributed by atoms with Crippen LogP contribution in [0.25, 0.3) is 5.57 Å². The van der Waals surface area contributed by atoms with Crippen molar-refractivity contribution in [3.8, 4) is 0 Å². The van der Waals surface area contributed by atoms with Crippen LogP contribution in [0.5, 0.6) is 0 Å². The van der Waals surface area contributed by atoms with Gasteiger partial charge >= 0.3 is 0 Å². The zero-order valence-corrected chi connectivity index (χ0v) is 15.5. The average molecular weight is 382 g/mol. The third-order valence-corrected chi connectivity index (χ3v) is 4.97. The van der Waals surface area contributed by atoms with Crippen LogP contribution in [0.4, 0.5) is 5.69 Å². The van der Waals surface area contributed by atoms with Crippen molar-refractivity contribution in [1.29, 1.82) is 0 Å². The van der Waals surface area contributed by atoms with Crippen LogP contribution in [-0.2, 0) is 20.1 Å². The minimum Gasteiger partial charge on any atom is -0.468 e. The van der Waals surface area contributed by atoms with Gasteiger partial charge < -0.3 is 9.73 Å². The Balaban J connectivity index is 1.94. The second-order valence-corrected chi connectivity index (χ2v) is 6.83. The number of thioether (sulfide) groups is 1. The molecule has 1 aliphatic heterocycles. The van der Waals surface area contributed by atoms with Gasteiger partial charge in [0.05, 0.1) is 22.5 Å². The van der Waals surface area contributed by atoms with E-state index in [9.17, 15) is 14.4 Å². The van der Waals surface area contributed by atoms with Crippen molar-refractivity contribution in [2.24, 2.45) is 0 Å². The summed E-state index contributed by atoms with van der Waals surface area (Å²) in [5.74, 6) is 0.291. The molecule has 0 bridgehead atoms. The number of imide groups is 1. The van der Waals surface area contributed by atoms with Crippen molar-refractivity contribution in [2.75, 3.05) is 11.9 Å². The zero-order chi connectivity index (χ0) is 19.4. The summed E-state index contributed by atoms with van der Waals surface area (Å²) in [6.07, 6.45) is 3.09. The van der Waals surface area contributed by atoms with Gasteiger partial charge in [-0.2, -0.15) is 0 Å². The second-order valence-electron chi connectivity index (χ2n) is 5.84. The lowest BCUT2D eigenvalue weighted by Gasteiger charge is -2.12. The number of hydrogen-bond acceptors (Lipinski definition) is 5. The fraction of sp³-hybridized carbons (Fsp3) is 0.150. The average Bonchev–Trinajstić information content (AvgIpc) is 3.23. The molecule has 6 nitrogen and oxygen atoms in total. The van der Waals surface area contributed by atoms with Crippen molar-refractivity contribution in [1.82, 2.24) is 4.90 Å². The first-order chi connectivity index (χ1) is 13.0. The van der Waals surface area contributed by atoms with Crippen molar-refractivity contribution >= 4 is 40.7 Å². The summed E-state index contributed by atoms with van der Waals surface area (Å²) in [5, 5.41) is 2.68. The fourth-order valence-corrected chi connectivity index (χ4v) is 3.73. The number of nitrogens with one attached hydrogen (secondary N) is 1. The predicted octanol–water partition coefficient (Wildman–Crippen LogP) is 3.44. The van der Waals surface area contributed by atoms with Crippen LogP contribution in [-0.4, -0.2) is 29.2 Å². The summed E-state index contributed by atoms with van der Waals surface area (Å²) in [7, 11) is 0. The van der Waals surface area contributed by atoms with Crippen molar-refractivity contribution in [3.63, 3.8) is 0 Å². The molecule has 27 heavy (non-hydrogen) atoms. The van der Waals surface area contributed by atoms with Crippen LogP contribution < -0.4 is 5.32 Å². The molecule has 0 spiro atoms. The molecule has 0 unspecified atom stereocenters. The van der Waals surface area contributed by atoms with Crippen LogP contribution in [0.2, 0.25) is 0 Å². The Bertz CT molecular complexity index is 914. The summed E-state index contributed by atoms with van der Waals surface area (Å²) in [6, 6.07) is 10.4. The lowest BCUT2D eigenvalue weighted by Crippen LogP contribution is -2.31. The predicted molar refractivity (Wildman–Crippen MR) is 105 cm³/mol. The Hall–Kier alpha value is -3.06. The van der Waals surface area contributed by atoms with Crippen LogP contribution in [0.1, 0.15) is 18.2 Å². The van der Waals surface area contributed by atoms with Crippen LogP contribution >= 0.6 is 11.8 Å². The Morgan fingerprint density at radius 3 is 2.56 bits per heavy atom. The van der Waals surface area contributed by atoms with Gasteiger partial charge in [0.15, 0.2) is 0 Å². The van der Waals surface area contributed by atoms with Gasteiger partial charge in [0.1, 0.15) is 5.76 Å². The molecule has 0 radical (unpaired) electrons. The highest BCUT2D eigenvalue weighted by molar-refractivity contribution is 8.03. The normalized spacial score (nSPS) is 14.0. The van der Waals surface area contributed by atoms with Crippen LogP contribution in [0, 0.1) is 0 Å². The number of carbonyl (C=O) groups is 3. The Morgan fingerprint density at radius 1 is 1.22 bits per heavy atom. The monoisotopic (exact) mass is 382 g/mol. The number of furan rings is 1. The lowest BCUT2D eigenvalue weighted by molar-refractivity contribution is -0.135. The van der Waals surface area contributed by atoms with Gasteiger partial charge in [-0.05, 0) is 29.8 Å².